The number of rotatable bonds is 5. The van der Waals surface area contributed by atoms with Crippen molar-refractivity contribution in [1.82, 2.24) is 0 Å². The van der Waals surface area contributed by atoms with Crippen LogP contribution < -0.4 is 0 Å². The second kappa shape index (κ2) is 6.01. The van der Waals surface area contributed by atoms with Gasteiger partial charge in [0, 0.05) is 22.4 Å². The largest absolute Gasteiger partial charge is 0.345 e. The van der Waals surface area contributed by atoms with E-state index in [2.05, 4.69) is 6.92 Å². The van der Waals surface area contributed by atoms with E-state index >= 15 is 0 Å². The van der Waals surface area contributed by atoms with Gasteiger partial charge in [0.25, 0.3) is 10.1 Å². The van der Waals surface area contributed by atoms with Crippen LogP contribution in [0, 0.1) is 5.41 Å². The third kappa shape index (κ3) is 3.28. The molecular formula is C16H21ClO5S. The van der Waals surface area contributed by atoms with Crippen LogP contribution in [0.3, 0.4) is 0 Å². The molecule has 3 aliphatic rings. The molecule has 3 saturated heterocycles. The van der Waals surface area contributed by atoms with E-state index < -0.39 is 27.4 Å². The molecule has 3 fully saturated rings. The first-order valence-corrected chi connectivity index (χ1v) is 9.90. The molecule has 5 nitrogen and oxygen atoms in total. The van der Waals surface area contributed by atoms with E-state index in [4.69, 9.17) is 25.3 Å². The molecule has 4 rings (SSSR count). The molecule has 3 aliphatic heterocycles. The Bertz CT molecular complexity index is 662. The first-order valence-electron chi connectivity index (χ1n) is 7.71. The number of ether oxygens (including phenoxy) is 2. The van der Waals surface area contributed by atoms with Crippen molar-refractivity contribution in [2.75, 3.05) is 19.5 Å². The summed E-state index contributed by atoms with van der Waals surface area (Å²) in [5, 5.41) is 0.626. The summed E-state index contributed by atoms with van der Waals surface area (Å²) >= 11 is 5.94. The lowest BCUT2D eigenvalue weighted by molar-refractivity contribution is -0.372. The van der Waals surface area contributed by atoms with Crippen molar-refractivity contribution < 1.29 is 22.1 Å². The van der Waals surface area contributed by atoms with Crippen LogP contribution in [0.1, 0.15) is 31.7 Å². The van der Waals surface area contributed by atoms with Gasteiger partial charge >= 0.3 is 0 Å². The summed E-state index contributed by atoms with van der Waals surface area (Å²) < 4.78 is 40.9. The van der Waals surface area contributed by atoms with Gasteiger partial charge in [-0.2, -0.15) is 8.42 Å². The molecule has 0 N–H and O–H groups in total. The van der Waals surface area contributed by atoms with E-state index in [1.54, 1.807) is 12.1 Å². The quantitative estimate of drug-likeness (QED) is 0.755. The minimum absolute atomic E-state index is 0.349. The molecule has 128 valence electrons. The maximum Gasteiger partial charge on any atom is 0.264 e. The van der Waals surface area contributed by atoms with Gasteiger partial charge in [0.2, 0.25) is 0 Å². The van der Waals surface area contributed by atoms with Crippen LogP contribution in [0.15, 0.2) is 24.3 Å². The Morgan fingerprint density at radius 2 is 1.87 bits per heavy atom. The van der Waals surface area contributed by atoms with Gasteiger partial charge < -0.3 is 9.47 Å². The van der Waals surface area contributed by atoms with Crippen LogP contribution >= 0.6 is 11.6 Å². The monoisotopic (exact) mass is 360 g/mol. The van der Waals surface area contributed by atoms with Gasteiger partial charge in [0.15, 0.2) is 5.79 Å². The molecule has 0 aromatic heterocycles. The molecule has 1 aromatic rings. The molecule has 1 unspecified atom stereocenters. The van der Waals surface area contributed by atoms with Gasteiger partial charge in [0.1, 0.15) is 0 Å². The van der Waals surface area contributed by atoms with Gasteiger partial charge in [-0.25, -0.2) is 0 Å². The topological polar surface area (TPSA) is 61.8 Å². The average molecular weight is 361 g/mol. The molecule has 0 radical (unpaired) electrons. The summed E-state index contributed by atoms with van der Waals surface area (Å²) in [6.07, 6.45) is 2.69. The van der Waals surface area contributed by atoms with Crippen molar-refractivity contribution >= 4 is 21.7 Å². The van der Waals surface area contributed by atoms with Crippen molar-refractivity contribution in [3.63, 3.8) is 0 Å². The van der Waals surface area contributed by atoms with E-state index in [1.807, 2.05) is 12.1 Å². The molecule has 0 aliphatic carbocycles. The highest BCUT2D eigenvalue weighted by Crippen LogP contribution is 2.52. The van der Waals surface area contributed by atoms with Crippen LogP contribution in [0.25, 0.3) is 0 Å². The minimum Gasteiger partial charge on any atom is -0.345 e. The molecule has 0 amide bonds. The molecular weight excluding hydrogens is 340 g/mol. The van der Waals surface area contributed by atoms with E-state index in [0.29, 0.717) is 24.7 Å². The van der Waals surface area contributed by atoms with E-state index in [9.17, 15) is 8.42 Å². The van der Waals surface area contributed by atoms with Gasteiger partial charge in [-0.05, 0) is 18.6 Å². The average Bonchev–Trinajstić information content (AvgIpc) is 2.48. The van der Waals surface area contributed by atoms with E-state index in [-0.39, 0.29) is 0 Å². The smallest absolute Gasteiger partial charge is 0.264 e. The summed E-state index contributed by atoms with van der Waals surface area (Å²) in [4.78, 5) is 0. The summed E-state index contributed by atoms with van der Waals surface area (Å²) in [5.74, 6) is -0.963. The van der Waals surface area contributed by atoms with Crippen molar-refractivity contribution in [3.05, 3.63) is 34.9 Å². The Morgan fingerprint density at radius 1 is 1.26 bits per heavy atom. The lowest BCUT2D eigenvalue weighted by Gasteiger charge is -2.56. The van der Waals surface area contributed by atoms with Crippen molar-refractivity contribution in [3.8, 4) is 0 Å². The lowest BCUT2D eigenvalue weighted by Crippen LogP contribution is -2.62. The highest BCUT2D eigenvalue weighted by atomic mass is 35.5. The predicted molar refractivity (Wildman–Crippen MR) is 86.7 cm³/mol. The predicted octanol–water partition coefficient (Wildman–Crippen LogP) is 3.07. The Hall–Kier alpha value is -0.660. The molecule has 2 bridgehead atoms. The molecule has 0 spiro atoms. The SMILES string of the molecule is CCCC12COC(c3ccc(Cl)cc3)(CC1OS(C)(=O)=O)OC2. The molecule has 1 aromatic carbocycles. The summed E-state index contributed by atoms with van der Waals surface area (Å²) in [6.45, 7) is 2.90. The standard InChI is InChI=1S/C16H21ClO5S/c1-3-8-15-10-20-16(21-11-15,9-14(15)22-23(2,18)19)12-4-6-13(17)7-5-12/h4-7,14H,3,8-11H2,1-2H3. The normalized spacial score (nSPS) is 33.8. The summed E-state index contributed by atoms with van der Waals surface area (Å²) in [5.41, 5.74) is 0.417. The van der Waals surface area contributed by atoms with Crippen LogP contribution in [-0.2, 0) is 29.6 Å². The first kappa shape index (κ1) is 17.2. The molecule has 23 heavy (non-hydrogen) atoms. The van der Waals surface area contributed by atoms with Crippen molar-refractivity contribution in [2.45, 2.75) is 38.1 Å². The maximum absolute atomic E-state index is 11.7. The zero-order chi connectivity index (χ0) is 16.7. The van der Waals surface area contributed by atoms with Crippen LogP contribution in [0.2, 0.25) is 5.02 Å². The number of hydrogen-bond acceptors (Lipinski definition) is 5. The fourth-order valence-electron chi connectivity index (χ4n) is 3.51. The first-order chi connectivity index (χ1) is 10.8. The van der Waals surface area contributed by atoms with Crippen molar-refractivity contribution in [1.29, 1.82) is 0 Å². The van der Waals surface area contributed by atoms with Gasteiger partial charge in [-0.3, -0.25) is 4.18 Å². The highest BCUT2D eigenvalue weighted by Gasteiger charge is 2.58. The Morgan fingerprint density at radius 3 is 2.39 bits per heavy atom. The van der Waals surface area contributed by atoms with Gasteiger partial charge in [0.05, 0.1) is 25.6 Å². The molecule has 3 heterocycles. The molecule has 1 atom stereocenters. The Balaban J connectivity index is 1.93. The van der Waals surface area contributed by atoms with Gasteiger partial charge in [-0.1, -0.05) is 37.1 Å². The lowest BCUT2D eigenvalue weighted by atomic mass is 9.71. The Labute approximate surface area is 142 Å². The fraction of sp³-hybridized carbons (Fsp3) is 0.625. The zero-order valence-electron chi connectivity index (χ0n) is 13.2. The molecule has 0 saturated carbocycles. The van der Waals surface area contributed by atoms with Crippen LogP contribution in [0.5, 0.6) is 0 Å². The number of benzene rings is 1. The Kier molecular flexibility index (Phi) is 4.48. The third-order valence-electron chi connectivity index (χ3n) is 4.65. The van der Waals surface area contributed by atoms with Gasteiger partial charge in [-0.15, -0.1) is 0 Å². The highest BCUT2D eigenvalue weighted by molar-refractivity contribution is 7.86. The van der Waals surface area contributed by atoms with E-state index in [1.165, 1.54) is 0 Å². The summed E-state index contributed by atoms with van der Waals surface area (Å²) in [7, 11) is -3.55. The van der Waals surface area contributed by atoms with Crippen LogP contribution in [-0.4, -0.2) is 34.0 Å². The van der Waals surface area contributed by atoms with Crippen molar-refractivity contribution in [2.24, 2.45) is 5.41 Å². The second-order valence-electron chi connectivity index (χ2n) is 6.44. The molecule has 7 heteroatoms. The second-order valence-corrected chi connectivity index (χ2v) is 8.48. The number of fused-ring (bicyclic) bond motifs is 3. The number of hydrogen-bond donors (Lipinski definition) is 0. The van der Waals surface area contributed by atoms with Crippen LogP contribution in [0.4, 0.5) is 0 Å². The number of halogens is 1. The summed E-state index contributed by atoms with van der Waals surface area (Å²) in [6, 6.07) is 7.23. The zero-order valence-corrected chi connectivity index (χ0v) is 14.8. The fourth-order valence-corrected chi connectivity index (χ4v) is 4.33. The minimum atomic E-state index is -3.55. The third-order valence-corrected chi connectivity index (χ3v) is 5.48. The van der Waals surface area contributed by atoms with E-state index in [0.717, 1.165) is 24.7 Å². The maximum atomic E-state index is 11.7.